The fraction of sp³-hybridized carbons (Fsp3) is 0.455. The fourth-order valence-electron chi connectivity index (χ4n) is 1.41. The average Bonchev–Trinajstić information content (AvgIpc) is 2.21. The molecule has 0 radical (unpaired) electrons. The van der Waals surface area contributed by atoms with Crippen molar-refractivity contribution in [3.63, 3.8) is 0 Å². The van der Waals surface area contributed by atoms with Crippen molar-refractivity contribution < 1.29 is 4.39 Å². The molecule has 1 atom stereocenters. The van der Waals surface area contributed by atoms with Crippen LogP contribution in [0.15, 0.2) is 30.3 Å². The van der Waals surface area contributed by atoms with Crippen LogP contribution in [0.4, 0.5) is 4.39 Å². The molecule has 2 heteroatoms. The summed E-state index contributed by atoms with van der Waals surface area (Å²) in [7, 11) is 0. The first-order valence-electron chi connectivity index (χ1n) is 4.72. The number of nitrogens with one attached hydrogen (secondary N) is 1. The normalized spacial score (nSPS) is 12.8. The average molecular weight is 181 g/mol. The van der Waals surface area contributed by atoms with Crippen molar-refractivity contribution in [3.8, 4) is 0 Å². The Hall–Kier alpha value is -0.890. The lowest BCUT2D eigenvalue weighted by Gasteiger charge is -2.15. The van der Waals surface area contributed by atoms with E-state index in [4.69, 9.17) is 0 Å². The van der Waals surface area contributed by atoms with Crippen molar-refractivity contribution in [2.45, 2.75) is 19.4 Å². The van der Waals surface area contributed by atoms with Crippen LogP contribution >= 0.6 is 0 Å². The molecule has 1 aromatic rings. The van der Waals surface area contributed by atoms with Crippen LogP contribution in [0.25, 0.3) is 0 Å². The molecule has 0 bridgehead atoms. The molecule has 1 N–H and O–H groups in total. The summed E-state index contributed by atoms with van der Waals surface area (Å²) in [5.74, 6) is 0. The van der Waals surface area contributed by atoms with E-state index in [0.717, 1.165) is 6.42 Å². The maximum atomic E-state index is 11.9. The van der Waals surface area contributed by atoms with Crippen molar-refractivity contribution in [1.29, 1.82) is 0 Å². The lowest BCUT2D eigenvalue weighted by molar-refractivity contribution is 0.429. The Morgan fingerprint density at radius 3 is 2.54 bits per heavy atom. The van der Waals surface area contributed by atoms with Crippen LogP contribution < -0.4 is 5.32 Å². The molecule has 0 spiro atoms. The smallest absolute Gasteiger partial charge is 0.102 e. The first-order valence-corrected chi connectivity index (χ1v) is 4.72. The van der Waals surface area contributed by atoms with Crippen molar-refractivity contribution in [3.05, 3.63) is 35.9 Å². The number of hydrogen-bond acceptors (Lipinski definition) is 1. The van der Waals surface area contributed by atoms with Crippen LogP contribution in [-0.2, 0) is 0 Å². The molecule has 0 heterocycles. The van der Waals surface area contributed by atoms with Crippen LogP contribution in [0, 0.1) is 0 Å². The van der Waals surface area contributed by atoms with Crippen molar-refractivity contribution in [2.75, 3.05) is 13.2 Å². The van der Waals surface area contributed by atoms with E-state index >= 15 is 0 Å². The van der Waals surface area contributed by atoms with Gasteiger partial charge in [0.15, 0.2) is 0 Å². The highest BCUT2D eigenvalue weighted by Gasteiger charge is 2.06. The molecule has 0 aliphatic carbocycles. The van der Waals surface area contributed by atoms with E-state index in [0.29, 0.717) is 6.54 Å². The molecule has 13 heavy (non-hydrogen) atoms. The third kappa shape index (κ3) is 3.15. The van der Waals surface area contributed by atoms with E-state index in [2.05, 4.69) is 24.4 Å². The quantitative estimate of drug-likeness (QED) is 0.736. The van der Waals surface area contributed by atoms with Gasteiger partial charge in [-0.1, -0.05) is 37.3 Å². The number of halogens is 1. The van der Waals surface area contributed by atoms with E-state index in [-0.39, 0.29) is 12.7 Å². The van der Waals surface area contributed by atoms with Gasteiger partial charge in [0.25, 0.3) is 0 Å². The zero-order valence-electron chi connectivity index (χ0n) is 7.96. The Labute approximate surface area is 79.0 Å². The van der Waals surface area contributed by atoms with Gasteiger partial charge < -0.3 is 5.32 Å². The molecule has 1 unspecified atom stereocenters. The summed E-state index contributed by atoms with van der Waals surface area (Å²) in [5, 5.41) is 3.16. The van der Waals surface area contributed by atoms with Gasteiger partial charge in [-0.3, -0.25) is 0 Å². The number of hydrogen-bond donors (Lipinski definition) is 1. The van der Waals surface area contributed by atoms with Gasteiger partial charge in [0.2, 0.25) is 0 Å². The Morgan fingerprint density at radius 1 is 1.31 bits per heavy atom. The Bertz CT molecular complexity index is 223. The van der Waals surface area contributed by atoms with E-state index < -0.39 is 0 Å². The standard InChI is InChI=1S/C11H16FN/c1-2-11(13-9-8-12)10-6-4-3-5-7-10/h3-7,11,13H,2,8-9H2,1H3. The second-order valence-electron chi connectivity index (χ2n) is 3.01. The molecule has 0 aliphatic rings. The van der Waals surface area contributed by atoms with Gasteiger partial charge in [-0.25, -0.2) is 4.39 Å². The highest BCUT2D eigenvalue weighted by molar-refractivity contribution is 5.18. The Kier molecular flexibility index (Phi) is 4.47. The molecular formula is C11H16FN. The first-order chi connectivity index (χ1) is 6.38. The fourth-order valence-corrected chi connectivity index (χ4v) is 1.41. The summed E-state index contributed by atoms with van der Waals surface area (Å²) in [6.07, 6.45) is 0.990. The molecular weight excluding hydrogens is 165 g/mol. The van der Waals surface area contributed by atoms with Crippen molar-refractivity contribution in [2.24, 2.45) is 0 Å². The molecule has 1 rings (SSSR count). The Balaban J connectivity index is 2.56. The second kappa shape index (κ2) is 5.70. The molecule has 1 nitrogen and oxygen atoms in total. The van der Waals surface area contributed by atoms with Gasteiger partial charge in [-0.2, -0.15) is 0 Å². The molecule has 0 saturated heterocycles. The minimum atomic E-state index is -0.302. The largest absolute Gasteiger partial charge is 0.307 e. The van der Waals surface area contributed by atoms with E-state index in [1.165, 1.54) is 5.56 Å². The molecule has 0 aromatic heterocycles. The zero-order chi connectivity index (χ0) is 9.52. The topological polar surface area (TPSA) is 12.0 Å². The van der Waals surface area contributed by atoms with Gasteiger partial charge in [0.05, 0.1) is 0 Å². The molecule has 0 fully saturated rings. The van der Waals surface area contributed by atoms with Gasteiger partial charge >= 0.3 is 0 Å². The summed E-state index contributed by atoms with van der Waals surface area (Å²) in [6, 6.07) is 10.4. The zero-order valence-corrected chi connectivity index (χ0v) is 7.96. The minimum Gasteiger partial charge on any atom is -0.307 e. The van der Waals surface area contributed by atoms with Crippen molar-refractivity contribution in [1.82, 2.24) is 5.32 Å². The maximum Gasteiger partial charge on any atom is 0.102 e. The van der Waals surface area contributed by atoms with Gasteiger partial charge in [0, 0.05) is 12.6 Å². The van der Waals surface area contributed by atoms with Gasteiger partial charge in [-0.15, -0.1) is 0 Å². The SMILES string of the molecule is CCC(NCCF)c1ccccc1. The maximum absolute atomic E-state index is 11.9. The molecule has 0 aliphatic heterocycles. The summed E-state index contributed by atoms with van der Waals surface area (Å²) < 4.78 is 11.9. The van der Waals surface area contributed by atoms with Crippen LogP contribution in [0.3, 0.4) is 0 Å². The van der Waals surface area contributed by atoms with Crippen LogP contribution in [-0.4, -0.2) is 13.2 Å². The summed E-state index contributed by atoms with van der Waals surface area (Å²) in [4.78, 5) is 0. The summed E-state index contributed by atoms with van der Waals surface area (Å²) in [5.41, 5.74) is 1.23. The Morgan fingerprint density at radius 2 is 2.00 bits per heavy atom. The van der Waals surface area contributed by atoms with Gasteiger partial charge in [0.1, 0.15) is 6.67 Å². The third-order valence-electron chi connectivity index (χ3n) is 2.10. The molecule has 72 valence electrons. The number of alkyl halides is 1. The van der Waals surface area contributed by atoms with Gasteiger partial charge in [-0.05, 0) is 12.0 Å². The lowest BCUT2D eigenvalue weighted by Crippen LogP contribution is -2.22. The number of rotatable bonds is 5. The summed E-state index contributed by atoms with van der Waals surface area (Å²) in [6.45, 7) is 2.24. The first kappa shape index (κ1) is 10.2. The van der Waals surface area contributed by atoms with Crippen LogP contribution in [0.1, 0.15) is 24.9 Å². The summed E-state index contributed by atoms with van der Waals surface area (Å²) >= 11 is 0. The molecule has 0 saturated carbocycles. The van der Waals surface area contributed by atoms with Crippen molar-refractivity contribution >= 4 is 0 Å². The third-order valence-corrected chi connectivity index (χ3v) is 2.10. The van der Waals surface area contributed by atoms with E-state index in [1.807, 2.05) is 18.2 Å². The van der Waals surface area contributed by atoms with Crippen LogP contribution in [0.2, 0.25) is 0 Å². The monoisotopic (exact) mass is 181 g/mol. The predicted octanol–water partition coefficient (Wildman–Crippen LogP) is 2.70. The number of benzene rings is 1. The predicted molar refractivity (Wildman–Crippen MR) is 53.5 cm³/mol. The lowest BCUT2D eigenvalue weighted by atomic mass is 10.1. The van der Waals surface area contributed by atoms with E-state index in [1.54, 1.807) is 0 Å². The van der Waals surface area contributed by atoms with Crippen LogP contribution in [0.5, 0.6) is 0 Å². The highest BCUT2D eigenvalue weighted by atomic mass is 19.1. The highest BCUT2D eigenvalue weighted by Crippen LogP contribution is 2.15. The van der Waals surface area contributed by atoms with E-state index in [9.17, 15) is 4.39 Å². The minimum absolute atomic E-state index is 0.289. The molecule has 1 aromatic carbocycles. The molecule has 0 amide bonds. The second-order valence-corrected chi connectivity index (χ2v) is 3.01.